The van der Waals surface area contributed by atoms with Crippen molar-refractivity contribution in [3.05, 3.63) is 41.7 Å². The molecule has 0 atom stereocenters. The molecule has 1 fully saturated rings. The molecule has 2 N–H and O–H groups in total. The molecule has 0 bridgehead atoms. The largest absolute Gasteiger partial charge is 0.504 e. The zero-order valence-corrected chi connectivity index (χ0v) is 13.2. The molecule has 0 saturated carbocycles. The highest BCUT2D eigenvalue weighted by atomic mass is 35.5. The molecule has 1 aliphatic heterocycles. The average molecular weight is 333 g/mol. The second kappa shape index (κ2) is 6.83. The highest BCUT2D eigenvalue weighted by Crippen LogP contribution is 2.25. The lowest BCUT2D eigenvalue weighted by Crippen LogP contribution is -2.38. The number of pyridine rings is 2. The van der Waals surface area contributed by atoms with Crippen molar-refractivity contribution in [3.8, 4) is 5.75 Å². The molecule has 2 aromatic heterocycles. The van der Waals surface area contributed by atoms with Crippen LogP contribution in [0.4, 0.5) is 11.6 Å². The van der Waals surface area contributed by atoms with Crippen LogP contribution in [0.25, 0.3) is 0 Å². The Hall–Kier alpha value is -2.34. The van der Waals surface area contributed by atoms with Gasteiger partial charge in [-0.2, -0.15) is 0 Å². The Morgan fingerprint density at radius 2 is 2.04 bits per heavy atom. The molecule has 0 radical (unpaired) electrons. The maximum absolute atomic E-state index is 12.3. The number of anilines is 2. The number of aromatic nitrogens is 2. The van der Waals surface area contributed by atoms with Crippen LogP contribution in [0.3, 0.4) is 0 Å². The van der Waals surface area contributed by atoms with Crippen LogP contribution in [-0.4, -0.2) is 34.1 Å². The minimum absolute atomic E-state index is 0.0244. The molecule has 6 nitrogen and oxygen atoms in total. The van der Waals surface area contributed by atoms with E-state index in [-0.39, 0.29) is 23.4 Å². The summed E-state index contributed by atoms with van der Waals surface area (Å²) in [7, 11) is 0. The van der Waals surface area contributed by atoms with Crippen molar-refractivity contribution < 1.29 is 9.90 Å². The summed E-state index contributed by atoms with van der Waals surface area (Å²) in [6.45, 7) is 1.50. The number of aromatic hydroxyl groups is 1. The van der Waals surface area contributed by atoms with E-state index < -0.39 is 0 Å². The van der Waals surface area contributed by atoms with Crippen LogP contribution in [0, 0.1) is 5.92 Å². The number of nitrogens with zero attached hydrogens (tertiary/aromatic N) is 3. The maximum Gasteiger partial charge on any atom is 0.228 e. The summed E-state index contributed by atoms with van der Waals surface area (Å²) >= 11 is 5.84. The van der Waals surface area contributed by atoms with Gasteiger partial charge in [-0.15, -0.1) is 0 Å². The SMILES string of the molecule is O=C(Nc1ncccc1O)C1CCN(c2ccc(Cl)cn2)CC1. The smallest absolute Gasteiger partial charge is 0.228 e. The van der Waals surface area contributed by atoms with Crippen molar-refractivity contribution >= 4 is 29.1 Å². The summed E-state index contributed by atoms with van der Waals surface area (Å²) in [5.41, 5.74) is 0. The molecule has 0 aromatic carbocycles. The molecule has 3 heterocycles. The molecule has 120 valence electrons. The van der Waals surface area contributed by atoms with Gasteiger partial charge in [0.25, 0.3) is 0 Å². The fraction of sp³-hybridized carbons (Fsp3) is 0.312. The van der Waals surface area contributed by atoms with Crippen LogP contribution in [0.5, 0.6) is 5.75 Å². The topological polar surface area (TPSA) is 78.3 Å². The van der Waals surface area contributed by atoms with E-state index in [1.807, 2.05) is 12.1 Å². The van der Waals surface area contributed by atoms with Gasteiger partial charge >= 0.3 is 0 Å². The monoisotopic (exact) mass is 332 g/mol. The molecule has 0 spiro atoms. The van der Waals surface area contributed by atoms with Crippen LogP contribution in [0.15, 0.2) is 36.7 Å². The van der Waals surface area contributed by atoms with Crippen molar-refractivity contribution in [2.24, 2.45) is 5.92 Å². The normalized spacial score (nSPS) is 15.4. The van der Waals surface area contributed by atoms with Gasteiger partial charge in [0, 0.05) is 31.4 Å². The van der Waals surface area contributed by atoms with Crippen LogP contribution < -0.4 is 10.2 Å². The summed E-state index contributed by atoms with van der Waals surface area (Å²) in [6, 6.07) is 6.81. The van der Waals surface area contributed by atoms with E-state index in [0.717, 1.165) is 31.7 Å². The van der Waals surface area contributed by atoms with Crippen LogP contribution in [-0.2, 0) is 4.79 Å². The highest BCUT2D eigenvalue weighted by molar-refractivity contribution is 6.30. The number of nitrogens with one attached hydrogen (secondary N) is 1. The first-order valence-electron chi connectivity index (χ1n) is 7.45. The van der Waals surface area contributed by atoms with Gasteiger partial charge in [0.15, 0.2) is 11.6 Å². The second-order valence-electron chi connectivity index (χ2n) is 5.46. The van der Waals surface area contributed by atoms with Crippen LogP contribution in [0.2, 0.25) is 5.02 Å². The fourth-order valence-electron chi connectivity index (χ4n) is 2.64. The molecule has 7 heteroatoms. The number of hydrogen-bond donors (Lipinski definition) is 2. The Bertz CT molecular complexity index is 685. The van der Waals surface area contributed by atoms with Crippen molar-refractivity contribution in [1.29, 1.82) is 0 Å². The van der Waals surface area contributed by atoms with Gasteiger partial charge in [-0.1, -0.05) is 11.6 Å². The van der Waals surface area contributed by atoms with Gasteiger partial charge in [0.05, 0.1) is 5.02 Å². The minimum Gasteiger partial charge on any atom is -0.504 e. The molecule has 0 aliphatic carbocycles. The molecule has 1 amide bonds. The molecule has 23 heavy (non-hydrogen) atoms. The summed E-state index contributed by atoms with van der Waals surface area (Å²) < 4.78 is 0. The van der Waals surface area contributed by atoms with E-state index in [4.69, 9.17) is 11.6 Å². The first-order chi connectivity index (χ1) is 11.1. The predicted molar refractivity (Wildman–Crippen MR) is 88.7 cm³/mol. The standard InChI is InChI=1S/C16H17ClN4O2/c17-12-3-4-14(19-10-12)21-8-5-11(6-9-21)16(23)20-15-13(22)2-1-7-18-15/h1-4,7,10-11,22H,5-6,8-9H2,(H,18,20,23). The lowest BCUT2D eigenvalue weighted by atomic mass is 9.96. The molecule has 3 rings (SSSR count). The van der Waals surface area contributed by atoms with Crippen LogP contribution in [0.1, 0.15) is 12.8 Å². The molecule has 2 aromatic rings. The van der Waals surface area contributed by atoms with Gasteiger partial charge in [0.2, 0.25) is 5.91 Å². The fourth-order valence-corrected chi connectivity index (χ4v) is 2.75. The van der Waals surface area contributed by atoms with Gasteiger partial charge < -0.3 is 15.3 Å². The number of hydrogen-bond acceptors (Lipinski definition) is 5. The van der Waals surface area contributed by atoms with Crippen molar-refractivity contribution in [1.82, 2.24) is 9.97 Å². The Balaban J connectivity index is 1.57. The van der Waals surface area contributed by atoms with E-state index in [0.29, 0.717) is 5.02 Å². The number of rotatable bonds is 3. The lowest BCUT2D eigenvalue weighted by Gasteiger charge is -2.32. The molecular formula is C16H17ClN4O2. The minimum atomic E-state index is -0.109. The Morgan fingerprint density at radius 1 is 1.26 bits per heavy atom. The third kappa shape index (κ3) is 3.71. The van der Waals surface area contributed by atoms with Gasteiger partial charge in [-0.25, -0.2) is 9.97 Å². The molecule has 0 unspecified atom stereocenters. The first kappa shape index (κ1) is 15.6. The third-order valence-corrected chi connectivity index (χ3v) is 4.15. The summed E-state index contributed by atoms with van der Waals surface area (Å²) in [4.78, 5) is 22.7. The number of amides is 1. The third-order valence-electron chi connectivity index (χ3n) is 3.93. The summed E-state index contributed by atoms with van der Waals surface area (Å²) in [5.74, 6) is 0.848. The van der Waals surface area contributed by atoms with E-state index in [1.165, 1.54) is 12.3 Å². The number of halogens is 1. The number of carbonyl (C=O) groups is 1. The van der Waals surface area contributed by atoms with E-state index in [9.17, 15) is 9.90 Å². The van der Waals surface area contributed by atoms with Crippen molar-refractivity contribution in [2.75, 3.05) is 23.3 Å². The Labute approximate surface area is 139 Å². The highest BCUT2D eigenvalue weighted by Gasteiger charge is 2.26. The van der Waals surface area contributed by atoms with Gasteiger partial charge in [0.1, 0.15) is 5.82 Å². The van der Waals surface area contributed by atoms with Crippen molar-refractivity contribution in [3.63, 3.8) is 0 Å². The second-order valence-corrected chi connectivity index (χ2v) is 5.89. The molecule has 1 aliphatic rings. The summed E-state index contributed by atoms with van der Waals surface area (Å²) in [6.07, 6.45) is 4.61. The Kier molecular flexibility index (Phi) is 4.62. The lowest BCUT2D eigenvalue weighted by molar-refractivity contribution is -0.120. The number of carbonyl (C=O) groups excluding carboxylic acids is 1. The Morgan fingerprint density at radius 3 is 2.70 bits per heavy atom. The average Bonchev–Trinajstić information content (AvgIpc) is 2.58. The molecular weight excluding hydrogens is 316 g/mol. The predicted octanol–water partition coefficient (Wildman–Crippen LogP) is 2.69. The van der Waals surface area contributed by atoms with Crippen LogP contribution >= 0.6 is 11.6 Å². The van der Waals surface area contributed by atoms with E-state index >= 15 is 0 Å². The van der Waals surface area contributed by atoms with Gasteiger partial charge in [-0.05, 0) is 37.1 Å². The zero-order valence-electron chi connectivity index (χ0n) is 12.4. The quantitative estimate of drug-likeness (QED) is 0.903. The van der Waals surface area contributed by atoms with Gasteiger partial charge in [-0.3, -0.25) is 4.79 Å². The maximum atomic E-state index is 12.3. The van der Waals surface area contributed by atoms with Crippen molar-refractivity contribution in [2.45, 2.75) is 12.8 Å². The van der Waals surface area contributed by atoms with E-state index in [2.05, 4.69) is 20.2 Å². The number of piperidine rings is 1. The van der Waals surface area contributed by atoms with E-state index in [1.54, 1.807) is 12.3 Å². The summed E-state index contributed by atoms with van der Waals surface area (Å²) in [5, 5.41) is 13.0. The molecule has 1 saturated heterocycles. The first-order valence-corrected chi connectivity index (χ1v) is 7.82. The zero-order chi connectivity index (χ0) is 16.2.